The Morgan fingerprint density at radius 2 is 2.12 bits per heavy atom. The highest BCUT2D eigenvalue weighted by Crippen LogP contribution is 2.16. The van der Waals surface area contributed by atoms with Crippen molar-refractivity contribution >= 4 is 18.3 Å². The molecule has 96 valence electrons. The number of ether oxygens (including phenoxy) is 1. The van der Waals surface area contributed by atoms with Crippen molar-refractivity contribution in [2.45, 2.75) is 13.5 Å². The van der Waals surface area contributed by atoms with E-state index in [0.29, 0.717) is 13.1 Å². The fraction of sp³-hybridized carbons (Fsp3) is 0.417. The van der Waals surface area contributed by atoms with Gasteiger partial charge in [-0.25, -0.2) is 0 Å². The molecule has 1 amide bonds. The van der Waals surface area contributed by atoms with Crippen LogP contribution < -0.4 is 15.8 Å². The first-order chi connectivity index (χ1) is 7.69. The first kappa shape index (κ1) is 15.7. The second-order valence-electron chi connectivity index (χ2n) is 3.67. The van der Waals surface area contributed by atoms with E-state index in [1.807, 2.05) is 24.3 Å². The van der Waals surface area contributed by atoms with Crippen molar-refractivity contribution in [2.75, 3.05) is 13.7 Å². The standard InChI is InChI=1S/C12H18N2O2.ClH/c1-9(7-13)12(15)14-8-10-5-3-4-6-11(10)16-2;/h3-6,9H,7-8,13H2,1-2H3,(H,14,15);1H. The number of carbonyl (C=O) groups excluding carboxylic acids is 1. The minimum Gasteiger partial charge on any atom is -0.496 e. The Kier molecular flexibility index (Phi) is 7.34. The Morgan fingerprint density at radius 3 is 2.71 bits per heavy atom. The molecule has 17 heavy (non-hydrogen) atoms. The molecule has 1 unspecified atom stereocenters. The number of rotatable bonds is 5. The molecule has 0 saturated carbocycles. The summed E-state index contributed by atoms with van der Waals surface area (Å²) >= 11 is 0. The lowest BCUT2D eigenvalue weighted by molar-refractivity contribution is -0.124. The van der Waals surface area contributed by atoms with E-state index in [2.05, 4.69) is 5.32 Å². The molecule has 0 aliphatic heterocycles. The number of benzene rings is 1. The number of carbonyl (C=O) groups is 1. The number of hydrogen-bond acceptors (Lipinski definition) is 3. The summed E-state index contributed by atoms with van der Waals surface area (Å²) in [5.41, 5.74) is 6.37. The van der Waals surface area contributed by atoms with Gasteiger partial charge in [0.25, 0.3) is 0 Å². The molecule has 0 radical (unpaired) electrons. The molecule has 3 N–H and O–H groups in total. The van der Waals surface area contributed by atoms with Gasteiger partial charge in [0.15, 0.2) is 0 Å². The first-order valence-corrected chi connectivity index (χ1v) is 5.28. The third-order valence-corrected chi connectivity index (χ3v) is 2.45. The predicted molar refractivity (Wildman–Crippen MR) is 70.3 cm³/mol. The van der Waals surface area contributed by atoms with E-state index in [-0.39, 0.29) is 24.2 Å². The third kappa shape index (κ3) is 4.63. The Balaban J connectivity index is 0.00000256. The first-order valence-electron chi connectivity index (χ1n) is 5.28. The Labute approximate surface area is 108 Å². The number of halogens is 1. The van der Waals surface area contributed by atoms with Gasteiger partial charge in [-0.15, -0.1) is 12.4 Å². The number of para-hydroxylation sites is 1. The molecule has 1 rings (SSSR count). The Bertz CT molecular complexity index is 358. The van der Waals surface area contributed by atoms with E-state index in [1.165, 1.54) is 0 Å². The lowest BCUT2D eigenvalue weighted by Gasteiger charge is -2.12. The fourth-order valence-corrected chi connectivity index (χ4v) is 1.31. The van der Waals surface area contributed by atoms with Gasteiger partial charge in [-0.1, -0.05) is 25.1 Å². The maximum absolute atomic E-state index is 11.5. The molecule has 1 aromatic carbocycles. The summed E-state index contributed by atoms with van der Waals surface area (Å²) in [4.78, 5) is 11.5. The summed E-state index contributed by atoms with van der Waals surface area (Å²) in [7, 11) is 1.61. The van der Waals surface area contributed by atoms with E-state index >= 15 is 0 Å². The van der Waals surface area contributed by atoms with E-state index in [9.17, 15) is 4.79 Å². The number of amides is 1. The number of nitrogens with two attached hydrogens (primary N) is 1. The quantitative estimate of drug-likeness (QED) is 0.838. The van der Waals surface area contributed by atoms with Gasteiger partial charge >= 0.3 is 0 Å². The number of methoxy groups -OCH3 is 1. The van der Waals surface area contributed by atoms with E-state index in [4.69, 9.17) is 10.5 Å². The molecule has 0 aromatic heterocycles. The molecule has 0 spiro atoms. The van der Waals surface area contributed by atoms with Crippen LogP contribution in [0.2, 0.25) is 0 Å². The number of hydrogen-bond donors (Lipinski definition) is 2. The van der Waals surface area contributed by atoms with Crippen molar-refractivity contribution in [1.29, 1.82) is 0 Å². The molecule has 0 saturated heterocycles. The van der Waals surface area contributed by atoms with Gasteiger partial charge < -0.3 is 15.8 Å². The van der Waals surface area contributed by atoms with Gasteiger partial charge in [0.1, 0.15) is 5.75 Å². The van der Waals surface area contributed by atoms with Gasteiger partial charge in [0.2, 0.25) is 5.91 Å². The summed E-state index contributed by atoms with van der Waals surface area (Å²) in [5, 5.41) is 2.83. The van der Waals surface area contributed by atoms with Gasteiger partial charge in [-0.2, -0.15) is 0 Å². The second-order valence-corrected chi connectivity index (χ2v) is 3.67. The predicted octanol–water partition coefficient (Wildman–Crippen LogP) is 1.33. The van der Waals surface area contributed by atoms with Crippen molar-refractivity contribution in [3.8, 4) is 5.75 Å². The van der Waals surface area contributed by atoms with Crippen LogP contribution in [0.4, 0.5) is 0 Å². The average Bonchev–Trinajstić information content (AvgIpc) is 2.35. The molecule has 5 heteroatoms. The average molecular weight is 259 g/mol. The smallest absolute Gasteiger partial charge is 0.224 e. The van der Waals surface area contributed by atoms with E-state index < -0.39 is 0 Å². The highest BCUT2D eigenvalue weighted by atomic mass is 35.5. The zero-order valence-electron chi connectivity index (χ0n) is 10.1. The summed E-state index contributed by atoms with van der Waals surface area (Å²) in [5.74, 6) is 0.589. The summed E-state index contributed by atoms with van der Waals surface area (Å²) in [6, 6.07) is 7.60. The van der Waals surface area contributed by atoms with Crippen LogP contribution >= 0.6 is 12.4 Å². The largest absolute Gasteiger partial charge is 0.496 e. The zero-order chi connectivity index (χ0) is 12.0. The third-order valence-electron chi connectivity index (χ3n) is 2.45. The molecule has 0 aliphatic carbocycles. The van der Waals surface area contributed by atoms with Crippen molar-refractivity contribution in [3.63, 3.8) is 0 Å². The molecular weight excluding hydrogens is 240 g/mol. The molecular formula is C12H19ClN2O2. The lowest BCUT2D eigenvalue weighted by atomic mass is 10.1. The molecule has 4 nitrogen and oxygen atoms in total. The molecule has 0 aliphatic rings. The number of nitrogens with one attached hydrogen (secondary N) is 1. The second kappa shape index (κ2) is 7.92. The maximum Gasteiger partial charge on any atom is 0.224 e. The van der Waals surface area contributed by atoms with Crippen LogP contribution in [0, 0.1) is 5.92 Å². The molecule has 1 atom stereocenters. The van der Waals surface area contributed by atoms with Crippen LogP contribution in [0.5, 0.6) is 5.75 Å². The monoisotopic (exact) mass is 258 g/mol. The van der Waals surface area contributed by atoms with Gasteiger partial charge in [-0.3, -0.25) is 4.79 Å². The topological polar surface area (TPSA) is 64.3 Å². The normalized spacial score (nSPS) is 11.2. The maximum atomic E-state index is 11.5. The minimum atomic E-state index is -0.158. The molecule has 0 heterocycles. The molecule has 0 bridgehead atoms. The lowest BCUT2D eigenvalue weighted by Crippen LogP contribution is -2.32. The van der Waals surface area contributed by atoms with Crippen LogP contribution in [0.3, 0.4) is 0 Å². The Hall–Kier alpha value is -1.26. The van der Waals surface area contributed by atoms with Crippen LogP contribution in [0.25, 0.3) is 0 Å². The summed E-state index contributed by atoms with van der Waals surface area (Å²) in [6.07, 6.45) is 0. The van der Waals surface area contributed by atoms with E-state index in [1.54, 1.807) is 14.0 Å². The summed E-state index contributed by atoms with van der Waals surface area (Å²) in [6.45, 7) is 2.63. The minimum absolute atomic E-state index is 0. The van der Waals surface area contributed by atoms with Crippen molar-refractivity contribution in [1.82, 2.24) is 5.32 Å². The zero-order valence-corrected chi connectivity index (χ0v) is 10.9. The summed E-state index contributed by atoms with van der Waals surface area (Å²) < 4.78 is 5.19. The van der Waals surface area contributed by atoms with Gasteiger partial charge in [-0.05, 0) is 6.07 Å². The van der Waals surface area contributed by atoms with Crippen LogP contribution in [0.15, 0.2) is 24.3 Å². The van der Waals surface area contributed by atoms with Crippen LogP contribution in [-0.2, 0) is 11.3 Å². The molecule has 1 aromatic rings. The van der Waals surface area contributed by atoms with Crippen molar-refractivity contribution in [2.24, 2.45) is 11.7 Å². The highest BCUT2D eigenvalue weighted by Gasteiger charge is 2.10. The highest BCUT2D eigenvalue weighted by molar-refractivity contribution is 5.85. The van der Waals surface area contributed by atoms with Crippen molar-refractivity contribution in [3.05, 3.63) is 29.8 Å². The SMILES string of the molecule is COc1ccccc1CNC(=O)C(C)CN.Cl. The van der Waals surface area contributed by atoms with Crippen LogP contribution in [-0.4, -0.2) is 19.6 Å². The molecule has 0 fully saturated rings. The van der Waals surface area contributed by atoms with E-state index in [0.717, 1.165) is 11.3 Å². The van der Waals surface area contributed by atoms with Crippen LogP contribution in [0.1, 0.15) is 12.5 Å². The van der Waals surface area contributed by atoms with Gasteiger partial charge in [0.05, 0.1) is 7.11 Å². The fourth-order valence-electron chi connectivity index (χ4n) is 1.31. The van der Waals surface area contributed by atoms with Crippen molar-refractivity contribution < 1.29 is 9.53 Å². The van der Waals surface area contributed by atoms with Gasteiger partial charge in [0, 0.05) is 24.6 Å². The Morgan fingerprint density at radius 1 is 1.47 bits per heavy atom.